The highest BCUT2D eigenvalue weighted by Crippen LogP contribution is 2.36. The van der Waals surface area contributed by atoms with Crippen LogP contribution in [0.4, 0.5) is 4.39 Å². The number of rotatable bonds is 15. The predicted molar refractivity (Wildman–Crippen MR) is 144 cm³/mol. The van der Waals surface area contributed by atoms with Crippen LogP contribution in [-0.4, -0.2) is 11.0 Å². The zero-order valence-corrected chi connectivity index (χ0v) is 22.0. The monoisotopic (exact) mass is 495 g/mol. The van der Waals surface area contributed by atoms with Crippen LogP contribution in [0.15, 0.2) is 48.5 Å². The van der Waals surface area contributed by atoms with Gasteiger partial charge in [0.1, 0.15) is 10.8 Å². The molecule has 0 fully saturated rings. The Labute approximate surface area is 213 Å². The molecule has 0 saturated carbocycles. The molecule has 0 radical (unpaired) electrons. The second kappa shape index (κ2) is 14.8. The van der Waals surface area contributed by atoms with Gasteiger partial charge in [-0.2, -0.15) is 4.39 Å². The second-order valence-electron chi connectivity index (χ2n) is 9.17. The summed E-state index contributed by atoms with van der Waals surface area (Å²) >= 11 is 1.32. The Kier molecular flexibility index (Phi) is 11.4. The number of carbonyl (C=O) groups excluding carboxylic acids is 1. The molecule has 0 saturated heterocycles. The van der Waals surface area contributed by atoms with E-state index >= 15 is 0 Å². The fourth-order valence-electron chi connectivity index (χ4n) is 4.11. The van der Waals surface area contributed by atoms with Crippen LogP contribution in [0.25, 0.3) is 21.0 Å². The van der Waals surface area contributed by atoms with Crippen LogP contribution >= 0.6 is 11.3 Å². The largest absolute Gasteiger partial charge is 0.427 e. The standard InChI is InChI=1S/C30H38FNO2S/c1-3-5-7-9-10-12-17-27(33)34-26-16-13-15-25(22-26)28-29(31)32-30(35-28)24-20-18-23(19-21-24)14-11-8-6-4-2/h13,15-16,18-22H,3-12,14,17H2,1-2H3. The Morgan fingerprint density at radius 1 is 0.857 bits per heavy atom. The van der Waals surface area contributed by atoms with Crippen molar-refractivity contribution in [2.45, 2.75) is 90.9 Å². The quantitative estimate of drug-likeness (QED) is 0.120. The Hall–Kier alpha value is -2.53. The summed E-state index contributed by atoms with van der Waals surface area (Å²) < 4.78 is 20.3. The van der Waals surface area contributed by atoms with Crippen LogP contribution in [0.1, 0.15) is 90.0 Å². The predicted octanol–water partition coefficient (Wildman–Crippen LogP) is 9.39. The van der Waals surface area contributed by atoms with E-state index in [-0.39, 0.29) is 5.97 Å². The first-order valence-electron chi connectivity index (χ1n) is 13.2. The minimum atomic E-state index is -0.496. The number of nitrogens with zero attached hydrogens (tertiary/aromatic N) is 1. The van der Waals surface area contributed by atoms with Crippen LogP contribution in [-0.2, 0) is 11.2 Å². The van der Waals surface area contributed by atoms with Gasteiger partial charge in [0.05, 0.1) is 4.88 Å². The molecule has 188 valence electrons. The number of aromatic nitrogens is 1. The number of carbonyl (C=O) groups is 1. The number of hydrogen-bond acceptors (Lipinski definition) is 4. The average Bonchev–Trinajstić information content (AvgIpc) is 3.26. The van der Waals surface area contributed by atoms with Crippen molar-refractivity contribution in [3.63, 3.8) is 0 Å². The van der Waals surface area contributed by atoms with Crippen molar-refractivity contribution < 1.29 is 13.9 Å². The zero-order valence-electron chi connectivity index (χ0n) is 21.2. The highest BCUT2D eigenvalue weighted by Gasteiger charge is 2.15. The molecule has 5 heteroatoms. The van der Waals surface area contributed by atoms with Gasteiger partial charge in [-0.15, -0.1) is 11.3 Å². The molecule has 0 aliphatic carbocycles. The highest BCUT2D eigenvalue weighted by molar-refractivity contribution is 7.18. The topological polar surface area (TPSA) is 39.2 Å². The number of unbranched alkanes of at least 4 members (excludes halogenated alkanes) is 8. The maximum atomic E-state index is 14.8. The Balaban J connectivity index is 1.58. The molecule has 0 bridgehead atoms. The summed E-state index contributed by atoms with van der Waals surface area (Å²) in [4.78, 5) is 16.9. The van der Waals surface area contributed by atoms with Gasteiger partial charge in [-0.3, -0.25) is 4.79 Å². The van der Waals surface area contributed by atoms with Crippen molar-refractivity contribution in [1.82, 2.24) is 4.98 Å². The number of hydrogen-bond donors (Lipinski definition) is 0. The minimum Gasteiger partial charge on any atom is -0.427 e. The highest BCUT2D eigenvalue weighted by atomic mass is 32.1. The third-order valence-electron chi connectivity index (χ3n) is 6.17. The van der Waals surface area contributed by atoms with Gasteiger partial charge in [0.2, 0.25) is 5.95 Å². The van der Waals surface area contributed by atoms with Crippen molar-refractivity contribution in [2.24, 2.45) is 0 Å². The molecule has 1 aromatic heterocycles. The molecule has 0 unspecified atom stereocenters. The molecule has 3 nitrogen and oxygen atoms in total. The SMILES string of the molecule is CCCCCCCCC(=O)Oc1cccc(-c2sc(-c3ccc(CCCCCC)cc3)nc2F)c1. The number of esters is 1. The fraction of sp³-hybridized carbons (Fsp3) is 0.467. The van der Waals surface area contributed by atoms with Gasteiger partial charge < -0.3 is 4.74 Å². The van der Waals surface area contributed by atoms with Gasteiger partial charge in [0.25, 0.3) is 0 Å². The van der Waals surface area contributed by atoms with E-state index in [2.05, 4.69) is 31.0 Å². The van der Waals surface area contributed by atoms with E-state index in [1.165, 1.54) is 61.8 Å². The van der Waals surface area contributed by atoms with Crippen molar-refractivity contribution in [3.8, 4) is 26.8 Å². The van der Waals surface area contributed by atoms with E-state index in [0.29, 0.717) is 27.6 Å². The van der Waals surface area contributed by atoms with Gasteiger partial charge in [0, 0.05) is 17.5 Å². The molecular formula is C30H38FNO2S. The number of aryl methyl sites for hydroxylation is 1. The molecule has 0 spiro atoms. The van der Waals surface area contributed by atoms with Crippen LogP contribution < -0.4 is 4.74 Å². The van der Waals surface area contributed by atoms with Gasteiger partial charge in [-0.25, -0.2) is 4.98 Å². The number of thiazole rings is 1. The molecule has 1 heterocycles. The van der Waals surface area contributed by atoms with E-state index < -0.39 is 5.95 Å². The number of ether oxygens (including phenoxy) is 1. The molecule has 0 aliphatic rings. The Morgan fingerprint density at radius 3 is 2.29 bits per heavy atom. The molecule has 2 aromatic carbocycles. The van der Waals surface area contributed by atoms with Gasteiger partial charge in [0.15, 0.2) is 0 Å². The van der Waals surface area contributed by atoms with Crippen molar-refractivity contribution in [3.05, 3.63) is 60.0 Å². The molecule has 0 aliphatic heterocycles. The van der Waals surface area contributed by atoms with Gasteiger partial charge in [-0.05, 0) is 37.0 Å². The first kappa shape index (κ1) is 27.1. The molecule has 0 amide bonds. The van der Waals surface area contributed by atoms with E-state index in [9.17, 15) is 9.18 Å². The molecule has 3 rings (SSSR count). The van der Waals surface area contributed by atoms with Crippen molar-refractivity contribution >= 4 is 17.3 Å². The average molecular weight is 496 g/mol. The lowest BCUT2D eigenvalue weighted by Crippen LogP contribution is -2.07. The van der Waals surface area contributed by atoms with E-state index in [1.54, 1.807) is 18.2 Å². The van der Waals surface area contributed by atoms with Crippen LogP contribution in [0.5, 0.6) is 5.75 Å². The summed E-state index contributed by atoms with van der Waals surface area (Å²) in [5.74, 6) is -0.289. The van der Waals surface area contributed by atoms with E-state index in [0.717, 1.165) is 31.2 Å². The Bertz CT molecular complexity index is 1040. The number of halogens is 1. The fourth-order valence-corrected chi connectivity index (χ4v) is 5.05. The van der Waals surface area contributed by atoms with Crippen molar-refractivity contribution in [1.29, 1.82) is 0 Å². The maximum absolute atomic E-state index is 14.8. The first-order valence-corrected chi connectivity index (χ1v) is 14.0. The Morgan fingerprint density at radius 2 is 1.54 bits per heavy atom. The molecule has 0 N–H and O–H groups in total. The summed E-state index contributed by atoms with van der Waals surface area (Å²) in [6, 6.07) is 15.4. The van der Waals surface area contributed by atoms with Crippen LogP contribution in [0.2, 0.25) is 0 Å². The van der Waals surface area contributed by atoms with Crippen LogP contribution in [0, 0.1) is 5.95 Å². The van der Waals surface area contributed by atoms with E-state index in [1.807, 2.05) is 18.2 Å². The normalized spacial score (nSPS) is 11.1. The second-order valence-corrected chi connectivity index (χ2v) is 10.2. The van der Waals surface area contributed by atoms with Crippen molar-refractivity contribution in [2.75, 3.05) is 0 Å². The molecule has 35 heavy (non-hydrogen) atoms. The summed E-state index contributed by atoms with van der Waals surface area (Å²) in [5.41, 5.74) is 2.89. The number of benzene rings is 2. The maximum Gasteiger partial charge on any atom is 0.311 e. The molecule has 3 aromatic rings. The van der Waals surface area contributed by atoms with Crippen LogP contribution in [0.3, 0.4) is 0 Å². The molecular weight excluding hydrogens is 457 g/mol. The van der Waals surface area contributed by atoms with E-state index in [4.69, 9.17) is 4.74 Å². The molecule has 0 atom stereocenters. The minimum absolute atomic E-state index is 0.238. The summed E-state index contributed by atoms with van der Waals surface area (Å²) in [5, 5.41) is 0.653. The van der Waals surface area contributed by atoms with Gasteiger partial charge in [-0.1, -0.05) is 102 Å². The lowest BCUT2D eigenvalue weighted by molar-refractivity contribution is -0.134. The lowest BCUT2D eigenvalue weighted by atomic mass is 10.0. The first-order chi connectivity index (χ1) is 17.1. The zero-order chi connectivity index (χ0) is 24.9. The summed E-state index contributed by atoms with van der Waals surface area (Å²) in [6.07, 6.45) is 13.2. The third-order valence-corrected chi connectivity index (χ3v) is 7.30. The summed E-state index contributed by atoms with van der Waals surface area (Å²) in [7, 11) is 0. The lowest BCUT2D eigenvalue weighted by Gasteiger charge is -2.06. The van der Waals surface area contributed by atoms with Gasteiger partial charge >= 0.3 is 5.97 Å². The third kappa shape index (κ3) is 8.88. The summed E-state index contributed by atoms with van der Waals surface area (Å²) in [6.45, 7) is 4.41. The smallest absolute Gasteiger partial charge is 0.311 e.